The van der Waals surface area contributed by atoms with E-state index in [4.69, 9.17) is 11.6 Å². The molecule has 2 heterocycles. The standard InChI is InChI=1S/C15H16ClN3S/c16-13-6-2-1-5-12(13)10-20-15-9-14(17-11-18-15)19-7-3-4-8-19/h1-2,5-6,9,11H,3-4,7-8,10H2. The Kier molecular flexibility index (Phi) is 4.43. The van der Waals surface area contributed by atoms with Crippen LogP contribution < -0.4 is 4.90 Å². The highest BCUT2D eigenvalue weighted by atomic mass is 35.5. The van der Waals surface area contributed by atoms with E-state index < -0.39 is 0 Å². The molecule has 3 rings (SSSR count). The van der Waals surface area contributed by atoms with Crippen LogP contribution in [0.1, 0.15) is 18.4 Å². The van der Waals surface area contributed by atoms with Gasteiger partial charge in [-0.2, -0.15) is 0 Å². The minimum atomic E-state index is 0.814. The van der Waals surface area contributed by atoms with Gasteiger partial charge in [-0.15, -0.1) is 11.8 Å². The molecule has 0 atom stereocenters. The number of hydrogen-bond acceptors (Lipinski definition) is 4. The summed E-state index contributed by atoms with van der Waals surface area (Å²) in [5.41, 5.74) is 1.14. The normalized spacial score (nSPS) is 14.8. The lowest BCUT2D eigenvalue weighted by Gasteiger charge is -2.16. The second-order valence-corrected chi connectivity index (χ2v) is 6.19. The Hall–Kier alpha value is -1.26. The van der Waals surface area contributed by atoms with Crippen molar-refractivity contribution in [2.75, 3.05) is 18.0 Å². The van der Waals surface area contributed by atoms with Crippen LogP contribution in [0.25, 0.3) is 0 Å². The first-order chi connectivity index (χ1) is 9.83. The quantitative estimate of drug-likeness (QED) is 0.630. The Morgan fingerprint density at radius 3 is 2.75 bits per heavy atom. The van der Waals surface area contributed by atoms with Crippen molar-refractivity contribution in [1.29, 1.82) is 0 Å². The van der Waals surface area contributed by atoms with Crippen LogP contribution in [0.5, 0.6) is 0 Å². The summed E-state index contributed by atoms with van der Waals surface area (Å²) in [5, 5.41) is 1.82. The number of thioether (sulfide) groups is 1. The molecule has 1 aromatic heterocycles. The number of halogens is 1. The summed E-state index contributed by atoms with van der Waals surface area (Å²) in [6, 6.07) is 10.0. The van der Waals surface area contributed by atoms with Gasteiger partial charge < -0.3 is 4.90 Å². The fourth-order valence-corrected chi connectivity index (χ4v) is 3.44. The van der Waals surface area contributed by atoms with Gasteiger partial charge in [-0.1, -0.05) is 29.8 Å². The molecule has 2 aromatic rings. The van der Waals surface area contributed by atoms with Crippen LogP contribution in [0.3, 0.4) is 0 Å². The third kappa shape index (κ3) is 3.25. The molecule has 104 valence electrons. The lowest BCUT2D eigenvalue weighted by Crippen LogP contribution is -2.18. The number of anilines is 1. The van der Waals surface area contributed by atoms with Crippen molar-refractivity contribution >= 4 is 29.2 Å². The van der Waals surface area contributed by atoms with Crippen molar-refractivity contribution < 1.29 is 0 Å². The van der Waals surface area contributed by atoms with Crippen LogP contribution in [-0.4, -0.2) is 23.1 Å². The third-order valence-corrected chi connectivity index (χ3v) is 4.73. The van der Waals surface area contributed by atoms with Crippen molar-refractivity contribution in [3.8, 4) is 0 Å². The molecule has 0 bridgehead atoms. The van der Waals surface area contributed by atoms with Gasteiger partial charge in [0.1, 0.15) is 17.2 Å². The van der Waals surface area contributed by atoms with E-state index in [0.717, 1.165) is 40.3 Å². The molecule has 20 heavy (non-hydrogen) atoms. The summed E-state index contributed by atoms with van der Waals surface area (Å²) in [4.78, 5) is 11.0. The smallest absolute Gasteiger partial charge is 0.133 e. The molecule has 0 spiro atoms. The molecule has 5 heteroatoms. The highest BCUT2D eigenvalue weighted by molar-refractivity contribution is 7.98. The fourth-order valence-electron chi connectivity index (χ4n) is 2.30. The number of benzene rings is 1. The number of hydrogen-bond donors (Lipinski definition) is 0. The van der Waals surface area contributed by atoms with E-state index in [1.54, 1.807) is 18.1 Å². The molecule has 1 aliphatic heterocycles. The summed E-state index contributed by atoms with van der Waals surface area (Å²) >= 11 is 7.87. The Bertz CT molecular complexity index is 585. The highest BCUT2D eigenvalue weighted by Crippen LogP contribution is 2.27. The van der Waals surface area contributed by atoms with Gasteiger partial charge in [0.2, 0.25) is 0 Å². The molecule has 0 aliphatic carbocycles. The molecule has 0 unspecified atom stereocenters. The molecule has 0 radical (unpaired) electrons. The summed E-state index contributed by atoms with van der Waals surface area (Å²) < 4.78 is 0. The van der Waals surface area contributed by atoms with E-state index in [1.807, 2.05) is 18.2 Å². The van der Waals surface area contributed by atoms with E-state index in [0.29, 0.717) is 0 Å². The number of nitrogens with zero attached hydrogens (tertiary/aromatic N) is 3. The lowest BCUT2D eigenvalue weighted by atomic mass is 10.2. The summed E-state index contributed by atoms with van der Waals surface area (Å²) in [6.45, 7) is 2.21. The second-order valence-electron chi connectivity index (χ2n) is 4.79. The van der Waals surface area contributed by atoms with Crippen molar-refractivity contribution in [2.45, 2.75) is 23.6 Å². The zero-order valence-electron chi connectivity index (χ0n) is 11.1. The van der Waals surface area contributed by atoms with Gasteiger partial charge in [-0.05, 0) is 24.5 Å². The predicted octanol–water partition coefficient (Wildman–Crippen LogP) is 4.02. The first-order valence-electron chi connectivity index (χ1n) is 6.76. The third-order valence-electron chi connectivity index (χ3n) is 3.39. The van der Waals surface area contributed by atoms with E-state index >= 15 is 0 Å². The summed E-state index contributed by atoms with van der Waals surface area (Å²) in [7, 11) is 0. The van der Waals surface area contributed by atoms with Gasteiger partial charge in [0.05, 0.1) is 0 Å². The molecular formula is C15H16ClN3S. The van der Waals surface area contributed by atoms with Crippen LogP contribution in [0.2, 0.25) is 5.02 Å². The Morgan fingerprint density at radius 1 is 1.15 bits per heavy atom. The lowest BCUT2D eigenvalue weighted by molar-refractivity contribution is 0.908. The fraction of sp³-hybridized carbons (Fsp3) is 0.333. The zero-order chi connectivity index (χ0) is 13.8. The molecule has 1 fully saturated rings. The van der Waals surface area contributed by atoms with E-state index in [1.165, 1.54) is 12.8 Å². The van der Waals surface area contributed by atoms with Crippen molar-refractivity contribution in [3.63, 3.8) is 0 Å². The van der Waals surface area contributed by atoms with Crippen LogP contribution >= 0.6 is 23.4 Å². The van der Waals surface area contributed by atoms with Gasteiger partial charge in [-0.3, -0.25) is 0 Å². The molecule has 0 N–H and O–H groups in total. The first kappa shape index (κ1) is 13.7. The molecule has 3 nitrogen and oxygen atoms in total. The Labute approximate surface area is 128 Å². The average molecular weight is 306 g/mol. The summed E-state index contributed by atoms with van der Waals surface area (Å²) in [5.74, 6) is 1.87. The van der Waals surface area contributed by atoms with Crippen molar-refractivity contribution in [2.24, 2.45) is 0 Å². The first-order valence-corrected chi connectivity index (χ1v) is 8.12. The van der Waals surface area contributed by atoms with Crippen LogP contribution in [0, 0.1) is 0 Å². The Morgan fingerprint density at radius 2 is 1.95 bits per heavy atom. The van der Waals surface area contributed by atoms with E-state index in [2.05, 4.69) is 27.0 Å². The van der Waals surface area contributed by atoms with Gasteiger partial charge in [0.25, 0.3) is 0 Å². The largest absolute Gasteiger partial charge is 0.356 e. The predicted molar refractivity (Wildman–Crippen MR) is 84.5 cm³/mol. The number of rotatable bonds is 4. The van der Waals surface area contributed by atoms with Gasteiger partial charge >= 0.3 is 0 Å². The van der Waals surface area contributed by atoms with Crippen molar-refractivity contribution in [1.82, 2.24) is 9.97 Å². The second kappa shape index (κ2) is 6.46. The average Bonchev–Trinajstić information content (AvgIpc) is 3.01. The number of aromatic nitrogens is 2. The van der Waals surface area contributed by atoms with Gasteiger partial charge in [-0.25, -0.2) is 9.97 Å². The van der Waals surface area contributed by atoms with E-state index in [-0.39, 0.29) is 0 Å². The SMILES string of the molecule is Clc1ccccc1CSc1cc(N2CCCC2)ncn1. The minimum absolute atomic E-state index is 0.814. The summed E-state index contributed by atoms with van der Waals surface area (Å²) in [6.07, 6.45) is 4.17. The maximum absolute atomic E-state index is 6.17. The maximum atomic E-state index is 6.17. The molecule has 0 amide bonds. The van der Waals surface area contributed by atoms with E-state index in [9.17, 15) is 0 Å². The molecule has 0 saturated carbocycles. The zero-order valence-corrected chi connectivity index (χ0v) is 12.7. The van der Waals surface area contributed by atoms with Gasteiger partial charge in [0.15, 0.2) is 0 Å². The van der Waals surface area contributed by atoms with Gasteiger partial charge in [0, 0.05) is 29.9 Å². The van der Waals surface area contributed by atoms with Crippen LogP contribution in [-0.2, 0) is 5.75 Å². The Balaban J connectivity index is 1.68. The molecule has 1 saturated heterocycles. The monoisotopic (exact) mass is 305 g/mol. The molecular weight excluding hydrogens is 290 g/mol. The molecule has 1 aliphatic rings. The van der Waals surface area contributed by atoms with Crippen LogP contribution in [0.15, 0.2) is 41.7 Å². The minimum Gasteiger partial charge on any atom is -0.356 e. The maximum Gasteiger partial charge on any atom is 0.133 e. The molecule has 1 aromatic carbocycles. The van der Waals surface area contributed by atoms with Crippen LogP contribution in [0.4, 0.5) is 5.82 Å². The highest BCUT2D eigenvalue weighted by Gasteiger charge is 2.14. The van der Waals surface area contributed by atoms with Crippen molar-refractivity contribution in [3.05, 3.63) is 47.2 Å². The topological polar surface area (TPSA) is 29.0 Å².